The van der Waals surface area contributed by atoms with Crippen LogP contribution in [-0.2, 0) is 0 Å². The monoisotopic (exact) mass is 973 g/mol. The van der Waals surface area contributed by atoms with Crippen molar-refractivity contribution in [2.24, 2.45) is 0 Å². The van der Waals surface area contributed by atoms with Gasteiger partial charge in [-0.2, -0.15) is 23.7 Å². The average Bonchev–Trinajstić information content (AvgIpc) is 4.23. The molecule has 9 aromatic carbocycles. The standard InChI is InChI=1S/C65H38F3N7/c66-65(67,68)55-31-34-60(75-57-26-14-12-24-50(57)53-36-43(28-33-59(53)75)48-22-10-8-20-45(48)39-70)61(55)54-37-46(29-30-51(54)64-72-62(40-15-3-1-4-16-40)71-63(73-64)41-17-5-2-6-18-41)74-56-25-13-11-23-49(56)52-35-42(27-32-58(52)74)47-21-9-7-19-44(47)38-69/h1-37,61H. The summed E-state index contributed by atoms with van der Waals surface area (Å²) in [6, 6.07) is 71.8. The lowest BCUT2D eigenvalue weighted by Gasteiger charge is -2.26. The van der Waals surface area contributed by atoms with Gasteiger partial charge in [-0.1, -0.05) is 152 Å². The minimum Gasteiger partial charge on any atom is -0.312 e. The highest BCUT2D eigenvalue weighted by Crippen LogP contribution is 2.52. The zero-order valence-electron chi connectivity index (χ0n) is 39.7. The van der Waals surface area contributed by atoms with Crippen molar-refractivity contribution in [2.45, 2.75) is 12.1 Å². The summed E-state index contributed by atoms with van der Waals surface area (Å²) in [5.41, 5.74) is 9.85. The summed E-state index contributed by atoms with van der Waals surface area (Å²) in [6.45, 7) is 0. The van der Waals surface area contributed by atoms with Crippen molar-refractivity contribution in [1.82, 2.24) is 24.1 Å². The van der Waals surface area contributed by atoms with Gasteiger partial charge in [0.25, 0.3) is 0 Å². The van der Waals surface area contributed by atoms with E-state index in [9.17, 15) is 10.5 Å². The zero-order valence-corrected chi connectivity index (χ0v) is 39.7. The summed E-state index contributed by atoms with van der Waals surface area (Å²) < 4.78 is 52.6. The third-order valence-corrected chi connectivity index (χ3v) is 14.2. The SMILES string of the molecule is N#Cc1ccccc1-c1ccc2c(c1)c1ccccc1n2C1=CC=C(C(F)(F)F)C1c1cc(-n2c3ccccc3c3cc(-c4ccccc4C#N)ccc32)ccc1-c1nc(-c2ccccc2)nc(-c2ccccc2)n1. The van der Waals surface area contributed by atoms with Gasteiger partial charge in [0.15, 0.2) is 17.5 Å². The Morgan fingerprint density at radius 3 is 1.41 bits per heavy atom. The predicted molar refractivity (Wildman–Crippen MR) is 291 cm³/mol. The molecule has 0 N–H and O–H groups in total. The van der Waals surface area contributed by atoms with Crippen LogP contribution in [0.2, 0.25) is 0 Å². The number of benzene rings is 9. The van der Waals surface area contributed by atoms with Gasteiger partial charge in [-0.3, -0.25) is 0 Å². The Morgan fingerprint density at radius 1 is 0.400 bits per heavy atom. The number of rotatable bonds is 8. The second-order valence-electron chi connectivity index (χ2n) is 18.4. The average molecular weight is 974 g/mol. The smallest absolute Gasteiger partial charge is 0.312 e. The zero-order chi connectivity index (χ0) is 50.8. The lowest BCUT2D eigenvalue weighted by molar-refractivity contribution is -0.0940. The van der Waals surface area contributed by atoms with Gasteiger partial charge in [0.05, 0.1) is 51.3 Å². The van der Waals surface area contributed by atoms with Gasteiger partial charge >= 0.3 is 6.18 Å². The molecule has 0 saturated carbocycles. The highest BCUT2D eigenvalue weighted by atomic mass is 19.4. The van der Waals surface area contributed by atoms with E-state index in [2.05, 4.69) is 22.8 Å². The molecule has 1 unspecified atom stereocenters. The van der Waals surface area contributed by atoms with E-state index in [4.69, 9.17) is 15.0 Å². The van der Waals surface area contributed by atoms with Crippen LogP contribution in [0.25, 0.3) is 111 Å². The molecule has 13 rings (SSSR count). The Hall–Kier alpha value is -10.2. The molecule has 12 aromatic rings. The van der Waals surface area contributed by atoms with E-state index in [-0.39, 0.29) is 5.82 Å². The Kier molecular flexibility index (Phi) is 10.7. The lowest BCUT2D eigenvalue weighted by Crippen LogP contribution is -2.20. The molecule has 10 heteroatoms. The Morgan fingerprint density at radius 2 is 0.867 bits per heavy atom. The fourth-order valence-electron chi connectivity index (χ4n) is 10.9. The number of nitriles is 2. The van der Waals surface area contributed by atoms with Crippen molar-refractivity contribution in [1.29, 1.82) is 10.5 Å². The van der Waals surface area contributed by atoms with E-state index >= 15 is 13.2 Å². The number of alkyl halides is 3. The molecule has 0 saturated heterocycles. The normalized spacial score (nSPS) is 13.5. The first-order valence-corrected chi connectivity index (χ1v) is 24.3. The Balaban J connectivity index is 1.09. The highest BCUT2D eigenvalue weighted by Gasteiger charge is 2.45. The second-order valence-corrected chi connectivity index (χ2v) is 18.4. The third kappa shape index (κ3) is 7.55. The van der Waals surface area contributed by atoms with Crippen LogP contribution in [0.4, 0.5) is 13.2 Å². The summed E-state index contributed by atoms with van der Waals surface area (Å²) in [7, 11) is 0. The number of fused-ring (bicyclic) bond motifs is 6. The summed E-state index contributed by atoms with van der Waals surface area (Å²) in [5, 5.41) is 23.6. The van der Waals surface area contributed by atoms with E-state index in [0.717, 1.165) is 71.5 Å². The number of hydrogen-bond acceptors (Lipinski definition) is 5. The predicted octanol–water partition coefficient (Wildman–Crippen LogP) is 16.3. The molecule has 0 amide bonds. The van der Waals surface area contributed by atoms with E-state index in [1.54, 1.807) is 18.2 Å². The van der Waals surface area contributed by atoms with Gasteiger partial charge in [-0.05, 0) is 101 Å². The van der Waals surface area contributed by atoms with E-state index in [1.165, 1.54) is 6.08 Å². The first kappa shape index (κ1) is 44.8. The van der Waals surface area contributed by atoms with Gasteiger partial charge in [0.2, 0.25) is 0 Å². The minimum atomic E-state index is -4.77. The minimum absolute atomic E-state index is 0.211. The summed E-state index contributed by atoms with van der Waals surface area (Å²) in [6.07, 6.45) is -1.97. The molecule has 1 aliphatic carbocycles. The van der Waals surface area contributed by atoms with Gasteiger partial charge in [-0.25, -0.2) is 15.0 Å². The van der Waals surface area contributed by atoms with Crippen LogP contribution >= 0.6 is 0 Å². The van der Waals surface area contributed by atoms with Crippen molar-refractivity contribution in [2.75, 3.05) is 0 Å². The maximum absolute atomic E-state index is 16.2. The van der Waals surface area contributed by atoms with Crippen molar-refractivity contribution in [3.05, 3.63) is 247 Å². The molecule has 0 bridgehead atoms. The van der Waals surface area contributed by atoms with Crippen LogP contribution in [0.1, 0.15) is 22.6 Å². The topological polar surface area (TPSA) is 96.1 Å². The highest BCUT2D eigenvalue weighted by molar-refractivity contribution is 6.13. The molecule has 1 aliphatic rings. The molecular formula is C65H38F3N7. The van der Waals surface area contributed by atoms with Crippen LogP contribution in [-0.4, -0.2) is 30.3 Å². The van der Waals surface area contributed by atoms with Crippen LogP contribution in [0.3, 0.4) is 0 Å². The first-order valence-electron chi connectivity index (χ1n) is 24.3. The van der Waals surface area contributed by atoms with Crippen molar-refractivity contribution >= 4 is 49.3 Å². The fourth-order valence-corrected chi connectivity index (χ4v) is 10.9. The Labute approximate surface area is 428 Å². The molecule has 7 nitrogen and oxygen atoms in total. The third-order valence-electron chi connectivity index (χ3n) is 14.2. The molecule has 0 aliphatic heterocycles. The van der Waals surface area contributed by atoms with E-state index in [0.29, 0.717) is 50.8 Å². The molecule has 75 heavy (non-hydrogen) atoms. The number of aromatic nitrogens is 5. The van der Waals surface area contributed by atoms with Crippen molar-refractivity contribution in [3.8, 4) is 74.2 Å². The van der Waals surface area contributed by atoms with Gasteiger partial charge < -0.3 is 9.13 Å². The molecule has 354 valence electrons. The number of halogens is 3. The number of para-hydroxylation sites is 2. The summed E-state index contributed by atoms with van der Waals surface area (Å²) in [4.78, 5) is 15.1. The van der Waals surface area contributed by atoms with Gasteiger partial charge in [0, 0.05) is 55.2 Å². The molecule has 0 radical (unpaired) electrons. The number of allylic oxidation sites excluding steroid dienone is 4. The molecule has 0 fully saturated rings. The molecular weight excluding hydrogens is 936 g/mol. The molecule has 0 spiro atoms. The molecule has 1 atom stereocenters. The van der Waals surface area contributed by atoms with Crippen molar-refractivity contribution < 1.29 is 13.2 Å². The maximum Gasteiger partial charge on any atom is 0.413 e. The van der Waals surface area contributed by atoms with Crippen LogP contribution in [0.5, 0.6) is 0 Å². The quantitative estimate of drug-likeness (QED) is 0.151. The number of hydrogen-bond donors (Lipinski definition) is 0. The first-order chi connectivity index (χ1) is 36.7. The summed E-state index contributed by atoms with van der Waals surface area (Å²) >= 11 is 0. The Bertz CT molecular complexity index is 4380. The van der Waals surface area contributed by atoms with Crippen LogP contribution in [0.15, 0.2) is 230 Å². The lowest BCUT2D eigenvalue weighted by atomic mass is 9.86. The van der Waals surface area contributed by atoms with Gasteiger partial charge in [0.1, 0.15) is 0 Å². The maximum atomic E-state index is 16.2. The van der Waals surface area contributed by atoms with Gasteiger partial charge in [-0.15, -0.1) is 0 Å². The van der Waals surface area contributed by atoms with Crippen molar-refractivity contribution in [3.63, 3.8) is 0 Å². The fraction of sp³-hybridized carbons (Fsp3) is 0.0308. The van der Waals surface area contributed by atoms with Crippen LogP contribution < -0.4 is 0 Å². The second kappa shape index (κ2) is 17.9. The van der Waals surface area contributed by atoms with Crippen LogP contribution in [0, 0.1) is 22.7 Å². The van der Waals surface area contributed by atoms with E-state index < -0.39 is 17.7 Å². The molecule has 3 heterocycles. The molecule has 3 aromatic heterocycles. The largest absolute Gasteiger partial charge is 0.413 e. The number of nitrogens with zero attached hydrogens (tertiary/aromatic N) is 7. The summed E-state index contributed by atoms with van der Waals surface area (Å²) in [5.74, 6) is -0.438. The van der Waals surface area contributed by atoms with E-state index in [1.807, 2.05) is 199 Å².